The lowest BCUT2D eigenvalue weighted by Crippen LogP contribution is -2.35. The summed E-state index contributed by atoms with van der Waals surface area (Å²) in [6, 6.07) is 9.50. The molecule has 0 bridgehead atoms. The summed E-state index contributed by atoms with van der Waals surface area (Å²) in [6.45, 7) is 23.6. The van der Waals surface area contributed by atoms with Crippen LogP contribution in [0.25, 0.3) is 0 Å². The maximum Gasteiger partial charge on any atom is 0.493 e. The van der Waals surface area contributed by atoms with Crippen LogP contribution in [-0.2, 0) is 48.7 Å². The van der Waals surface area contributed by atoms with Crippen LogP contribution in [-0.4, -0.2) is 34.9 Å². The normalized spacial score (nSPS) is 14.4. The number of benzene rings is 3. The summed E-state index contributed by atoms with van der Waals surface area (Å²) in [7, 11) is -17.7. The number of aryl methyl sites for hydroxylation is 3. The molecule has 0 saturated heterocycles. The van der Waals surface area contributed by atoms with Crippen molar-refractivity contribution in [3.05, 3.63) is 86.5 Å². The Kier molecular flexibility index (Phi) is 12.6. The number of aromatic hydroxyl groups is 3. The minimum absolute atomic E-state index is 0.0662. The van der Waals surface area contributed by atoms with Crippen LogP contribution in [0.3, 0.4) is 0 Å². The van der Waals surface area contributed by atoms with Gasteiger partial charge in [0.25, 0.3) is 0 Å². The molecule has 0 aliphatic carbocycles. The Labute approximate surface area is 312 Å². The average molecular weight is 801 g/mol. The first-order valence-corrected chi connectivity index (χ1v) is 21.5. The molecular weight excluding hydrogens is 745 g/mol. The molecule has 1 atom stereocenters. The second kappa shape index (κ2) is 14.8. The largest absolute Gasteiger partial charge is 0.508 e. The standard InChI is InChI=1S/C37H55O13P3/c1-21-14-31(38)28(34(5,6)7)17-25(21)24(4)20-37(26-18-29(35(8,9)10)32(39)15-22(26)2,27-19-30(36(11,12)13)33(40)16-23(27)3)48-53(47,49-51(41,42)43)50-52(44,45)46/h14-19,24,38-40H,20H2,1-13H3,(H2,41,42,43)(H2,44,45,46). The van der Waals surface area contributed by atoms with Gasteiger partial charge in [0.2, 0.25) is 0 Å². The van der Waals surface area contributed by atoms with E-state index in [1.54, 1.807) is 39.0 Å². The van der Waals surface area contributed by atoms with E-state index >= 15 is 0 Å². The summed E-state index contributed by atoms with van der Waals surface area (Å²) in [5.41, 5.74) is -0.327. The van der Waals surface area contributed by atoms with Gasteiger partial charge < -0.3 is 34.9 Å². The lowest BCUT2D eigenvalue weighted by molar-refractivity contribution is 0.0495. The van der Waals surface area contributed by atoms with Crippen LogP contribution in [0.5, 0.6) is 17.2 Å². The van der Waals surface area contributed by atoms with Crippen molar-refractivity contribution in [1.29, 1.82) is 0 Å². The number of phenols is 3. The van der Waals surface area contributed by atoms with Crippen molar-refractivity contribution in [1.82, 2.24) is 0 Å². The van der Waals surface area contributed by atoms with E-state index < -0.39 is 51.2 Å². The van der Waals surface area contributed by atoms with Gasteiger partial charge in [-0.25, -0.2) is 13.7 Å². The molecule has 53 heavy (non-hydrogen) atoms. The minimum Gasteiger partial charge on any atom is -0.508 e. The highest BCUT2D eigenvalue weighted by atomic mass is 31.3. The highest BCUT2D eigenvalue weighted by Gasteiger charge is 2.52. The molecule has 0 fully saturated rings. The lowest BCUT2D eigenvalue weighted by Gasteiger charge is -2.42. The van der Waals surface area contributed by atoms with Gasteiger partial charge in [0.1, 0.15) is 22.8 Å². The molecule has 3 aromatic carbocycles. The Hall–Kier alpha value is -2.53. The van der Waals surface area contributed by atoms with Gasteiger partial charge in [-0.2, -0.15) is 8.62 Å². The van der Waals surface area contributed by atoms with E-state index in [1.165, 1.54) is 12.1 Å². The Balaban J connectivity index is 2.71. The Morgan fingerprint density at radius 1 is 0.547 bits per heavy atom. The van der Waals surface area contributed by atoms with Crippen LogP contribution in [0.4, 0.5) is 0 Å². The first-order chi connectivity index (χ1) is 23.6. The molecule has 0 heterocycles. The topological polar surface area (TPSA) is 221 Å². The van der Waals surface area contributed by atoms with Crippen molar-refractivity contribution in [2.75, 3.05) is 0 Å². The third-order valence-electron chi connectivity index (χ3n) is 9.17. The van der Waals surface area contributed by atoms with Gasteiger partial charge in [0.05, 0.1) is 0 Å². The molecule has 0 radical (unpaired) electrons. The zero-order valence-corrected chi connectivity index (χ0v) is 35.4. The zero-order valence-electron chi connectivity index (χ0n) is 32.7. The van der Waals surface area contributed by atoms with E-state index in [9.17, 15) is 48.6 Å². The predicted octanol–water partition coefficient (Wildman–Crippen LogP) is 9.40. The fourth-order valence-corrected chi connectivity index (χ4v) is 10.2. The van der Waals surface area contributed by atoms with E-state index in [-0.39, 0.29) is 34.8 Å². The summed E-state index contributed by atoms with van der Waals surface area (Å²) < 4.78 is 54.7. The predicted molar refractivity (Wildman–Crippen MR) is 203 cm³/mol. The van der Waals surface area contributed by atoms with Crippen molar-refractivity contribution in [3.8, 4) is 17.2 Å². The Morgan fingerprint density at radius 3 is 1.19 bits per heavy atom. The number of hydrogen-bond acceptors (Lipinski definition) is 9. The summed E-state index contributed by atoms with van der Waals surface area (Å²) in [5.74, 6) is -0.753. The van der Waals surface area contributed by atoms with Crippen LogP contribution in [0.1, 0.15) is 132 Å². The smallest absolute Gasteiger partial charge is 0.493 e. The van der Waals surface area contributed by atoms with Crippen LogP contribution in [0.2, 0.25) is 0 Å². The van der Waals surface area contributed by atoms with E-state index in [1.807, 2.05) is 75.3 Å². The van der Waals surface area contributed by atoms with E-state index in [2.05, 4.69) is 8.62 Å². The van der Waals surface area contributed by atoms with Gasteiger partial charge in [0.15, 0.2) is 0 Å². The molecule has 3 rings (SSSR count). The van der Waals surface area contributed by atoms with Gasteiger partial charge in [-0.15, -0.1) is 0 Å². The van der Waals surface area contributed by atoms with Crippen LogP contribution in [0, 0.1) is 20.8 Å². The molecule has 296 valence electrons. The molecule has 0 aliphatic heterocycles. The molecule has 0 saturated carbocycles. The molecule has 13 nitrogen and oxygen atoms in total. The minimum atomic E-state index is -5.98. The van der Waals surface area contributed by atoms with E-state index in [4.69, 9.17) is 4.52 Å². The van der Waals surface area contributed by atoms with Gasteiger partial charge in [-0.1, -0.05) is 75.3 Å². The first kappa shape index (κ1) is 44.9. The Morgan fingerprint density at radius 2 is 0.868 bits per heavy atom. The highest BCUT2D eigenvalue weighted by Crippen LogP contribution is 2.71. The second-order valence-electron chi connectivity index (χ2n) is 17.0. The SMILES string of the molecule is Cc1cc(O)c(C(C)(C)C)cc1C(C)CC(OP(=O)(OP(=O)(O)O)OP(=O)(O)O)(c1cc(C(C)(C)C)c(O)cc1C)c1cc(C(C)(C)C)c(O)cc1C. The Bertz CT molecular complexity index is 1910. The van der Waals surface area contributed by atoms with Crippen LogP contribution in [0.15, 0.2) is 36.4 Å². The average Bonchev–Trinajstić information content (AvgIpc) is 2.88. The number of phenolic OH excluding ortho intramolecular Hbond substituents is 3. The summed E-state index contributed by atoms with van der Waals surface area (Å²) in [6.07, 6.45) is -0.244. The molecule has 16 heteroatoms. The molecule has 0 aromatic heterocycles. The van der Waals surface area contributed by atoms with Gasteiger partial charge in [-0.05, 0) is 130 Å². The number of phosphoric acid groups is 3. The van der Waals surface area contributed by atoms with Crippen LogP contribution < -0.4 is 0 Å². The van der Waals surface area contributed by atoms with Crippen molar-refractivity contribution < 1.29 is 61.7 Å². The molecule has 7 N–H and O–H groups in total. The fraction of sp³-hybridized carbons (Fsp3) is 0.514. The third-order valence-corrected chi connectivity index (χ3v) is 13.0. The molecule has 0 aliphatic rings. The first-order valence-electron chi connectivity index (χ1n) is 17.0. The fourth-order valence-electron chi connectivity index (χ4n) is 6.84. The molecule has 1 unspecified atom stereocenters. The van der Waals surface area contributed by atoms with E-state index in [0.717, 1.165) is 0 Å². The molecule has 0 amide bonds. The molecule has 0 spiro atoms. The van der Waals surface area contributed by atoms with Gasteiger partial charge in [0, 0.05) is 0 Å². The number of hydrogen-bond donors (Lipinski definition) is 7. The summed E-state index contributed by atoms with van der Waals surface area (Å²) in [4.78, 5) is 39.7. The monoisotopic (exact) mass is 800 g/mol. The second-order valence-corrected chi connectivity index (χ2v) is 21.3. The number of rotatable bonds is 11. The molecular formula is C37H55O13P3. The lowest BCUT2D eigenvalue weighted by atomic mass is 9.71. The van der Waals surface area contributed by atoms with Crippen molar-refractivity contribution in [3.63, 3.8) is 0 Å². The third kappa shape index (κ3) is 10.6. The van der Waals surface area contributed by atoms with Crippen molar-refractivity contribution >= 4 is 23.5 Å². The van der Waals surface area contributed by atoms with Gasteiger partial charge in [-0.3, -0.25) is 4.52 Å². The maximum absolute atomic E-state index is 14.6. The quantitative estimate of drug-likeness (QED) is 0.0900. The van der Waals surface area contributed by atoms with Crippen molar-refractivity contribution in [2.24, 2.45) is 0 Å². The van der Waals surface area contributed by atoms with E-state index in [0.29, 0.717) is 38.9 Å². The maximum atomic E-state index is 14.6. The van der Waals surface area contributed by atoms with Crippen molar-refractivity contribution in [2.45, 2.75) is 124 Å². The van der Waals surface area contributed by atoms with Crippen LogP contribution >= 0.6 is 23.5 Å². The molecule has 3 aromatic rings. The zero-order chi connectivity index (χ0) is 41.1. The summed E-state index contributed by atoms with van der Waals surface area (Å²) >= 11 is 0. The van der Waals surface area contributed by atoms with Gasteiger partial charge >= 0.3 is 23.5 Å². The highest BCUT2D eigenvalue weighted by molar-refractivity contribution is 7.66. The summed E-state index contributed by atoms with van der Waals surface area (Å²) in [5, 5.41) is 33.3.